The highest BCUT2D eigenvalue weighted by molar-refractivity contribution is 5.81. The summed E-state index contributed by atoms with van der Waals surface area (Å²) >= 11 is 0. The highest BCUT2D eigenvalue weighted by Gasteiger charge is 2.30. The van der Waals surface area contributed by atoms with Crippen LogP contribution in [0.25, 0.3) is 0 Å². The summed E-state index contributed by atoms with van der Waals surface area (Å²) in [6.07, 6.45) is -4.40. The van der Waals surface area contributed by atoms with Gasteiger partial charge in [0, 0.05) is 19.7 Å². The standard InChI is InChI=1S/C19H21F4N3O3/c1-12(27)26(18-16(20)8-15(29-3)9-24-18)11-17(28)25(2)10-13-4-6-14(7-5-13)19(21,22)23/h4-9,12,27H,10-11H2,1-3H3. The van der Waals surface area contributed by atoms with Crippen molar-refractivity contribution in [2.24, 2.45) is 0 Å². The Morgan fingerprint density at radius 1 is 1.28 bits per heavy atom. The number of carbonyl (C=O) groups is 1. The molecule has 0 saturated carbocycles. The number of anilines is 1. The molecule has 29 heavy (non-hydrogen) atoms. The van der Waals surface area contributed by atoms with Crippen molar-refractivity contribution < 1.29 is 32.2 Å². The van der Waals surface area contributed by atoms with Gasteiger partial charge in [0.1, 0.15) is 18.5 Å². The van der Waals surface area contributed by atoms with Gasteiger partial charge in [-0.1, -0.05) is 12.1 Å². The first-order chi connectivity index (χ1) is 13.5. The Morgan fingerprint density at radius 3 is 2.38 bits per heavy atom. The maximum absolute atomic E-state index is 14.3. The monoisotopic (exact) mass is 415 g/mol. The van der Waals surface area contributed by atoms with Gasteiger partial charge in [-0.2, -0.15) is 13.2 Å². The van der Waals surface area contributed by atoms with Crippen LogP contribution in [0.15, 0.2) is 36.5 Å². The Balaban J connectivity index is 2.09. The van der Waals surface area contributed by atoms with Crippen molar-refractivity contribution in [3.05, 3.63) is 53.5 Å². The van der Waals surface area contributed by atoms with Crippen LogP contribution >= 0.6 is 0 Å². The van der Waals surface area contributed by atoms with E-state index in [-0.39, 0.29) is 24.7 Å². The number of rotatable bonds is 7. The molecule has 0 bridgehead atoms. The number of amides is 1. The van der Waals surface area contributed by atoms with E-state index < -0.39 is 29.7 Å². The minimum absolute atomic E-state index is 0.0448. The average Bonchev–Trinajstić information content (AvgIpc) is 2.65. The smallest absolute Gasteiger partial charge is 0.416 e. The number of aromatic nitrogens is 1. The van der Waals surface area contributed by atoms with Gasteiger partial charge in [-0.05, 0) is 24.6 Å². The van der Waals surface area contributed by atoms with E-state index >= 15 is 0 Å². The van der Waals surface area contributed by atoms with E-state index in [1.807, 2.05) is 0 Å². The lowest BCUT2D eigenvalue weighted by atomic mass is 10.1. The van der Waals surface area contributed by atoms with Gasteiger partial charge in [-0.3, -0.25) is 4.79 Å². The van der Waals surface area contributed by atoms with Crippen molar-refractivity contribution in [3.8, 4) is 5.75 Å². The lowest BCUT2D eigenvalue weighted by Gasteiger charge is -2.28. The third kappa shape index (κ3) is 5.80. The van der Waals surface area contributed by atoms with E-state index in [0.29, 0.717) is 5.56 Å². The molecule has 0 spiro atoms. The van der Waals surface area contributed by atoms with Crippen LogP contribution < -0.4 is 9.64 Å². The van der Waals surface area contributed by atoms with Crippen molar-refractivity contribution in [1.82, 2.24) is 9.88 Å². The molecule has 6 nitrogen and oxygen atoms in total. The molecule has 2 rings (SSSR count). The maximum Gasteiger partial charge on any atom is 0.416 e. The van der Waals surface area contributed by atoms with Crippen molar-refractivity contribution in [3.63, 3.8) is 0 Å². The molecule has 1 heterocycles. The first-order valence-corrected chi connectivity index (χ1v) is 8.57. The van der Waals surface area contributed by atoms with Crippen molar-refractivity contribution in [1.29, 1.82) is 0 Å². The molecule has 0 aliphatic heterocycles. The zero-order valence-electron chi connectivity index (χ0n) is 16.1. The number of carbonyl (C=O) groups excluding carboxylic acids is 1. The summed E-state index contributed by atoms with van der Waals surface area (Å²) in [6.45, 7) is 1.02. The number of benzene rings is 1. The fourth-order valence-electron chi connectivity index (χ4n) is 2.55. The predicted octanol–water partition coefficient (Wildman–Crippen LogP) is 3.05. The molecular weight excluding hydrogens is 394 g/mol. The first kappa shape index (κ1) is 22.4. The van der Waals surface area contributed by atoms with E-state index in [0.717, 1.165) is 23.1 Å². The van der Waals surface area contributed by atoms with Crippen LogP contribution in [0.3, 0.4) is 0 Å². The Morgan fingerprint density at radius 2 is 1.90 bits per heavy atom. The number of aliphatic hydroxyl groups is 1. The lowest BCUT2D eigenvalue weighted by molar-refractivity contribution is -0.137. The predicted molar refractivity (Wildman–Crippen MR) is 97.7 cm³/mol. The Hall–Kier alpha value is -2.88. The maximum atomic E-state index is 14.3. The number of hydrogen-bond acceptors (Lipinski definition) is 5. The van der Waals surface area contributed by atoms with Crippen LogP contribution in [0.4, 0.5) is 23.4 Å². The number of hydrogen-bond donors (Lipinski definition) is 1. The minimum atomic E-state index is -4.44. The van der Waals surface area contributed by atoms with Gasteiger partial charge in [0.15, 0.2) is 11.6 Å². The number of likely N-dealkylation sites (N-methyl/N-ethyl adjacent to an activating group) is 1. The largest absolute Gasteiger partial charge is 0.495 e. The highest BCUT2D eigenvalue weighted by atomic mass is 19.4. The number of ether oxygens (including phenoxy) is 1. The SMILES string of the molecule is COc1cnc(N(CC(=O)N(C)Cc2ccc(C(F)(F)F)cc2)C(C)O)c(F)c1. The second kappa shape index (κ2) is 9.08. The number of pyridine rings is 1. The summed E-state index contributed by atoms with van der Waals surface area (Å²) in [5.74, 6) is -1.30. The molecule has 1 N–H and O–H groups in total. The van der Waals surface area contributed by atoms with Crippen LogP contribution in [-0.2, 0) is 17.5 Å². The van der Waals surface area contributed by atoms with Gasteiger partial charge < -0.3 is 19.6 Å². The molecule has 1 aromatic heterocycles. The topological polar surface area (TPSA) is 65.9 Å². The molecule has 1 unspecified atom stereocenters. The van der Waals surface area contributed by atoms with Gasteiger partial charge in [-0.15, -0.1) is 0 Å². The summed E-state index contributed by atoms with van der Waals surface area (Å²) in [6, 6.07) is 5.51. The first-order valence-electron chi connectivity index (χ1n) is 8.57. The minimum Gasteiger partial charge on any atom is -0.495 e. The second-order valence-corrected chi connectivity index (χ2v) is 6.38. The van der Waals surface area contributed by atoms with Gasteiger partial charge in [-0.25, -0.2) is 9.37 Å². The van der Waals surface area contributed by atoms with Gasteiger partial charge in [0.05, 0.1) is 18.9 Å². The molecular formula is C19H21F4N3O3. The van der Waals surface area contributed by atoms with Crippen molar-refractivity contribution in [2.75, 3.05) is 25.6 Å². The van der Waals surface area contributed by atoms with Crippen LogP contribution in [0.1, 0.15) is 18.1 Å². The quantitative estimate of drug-likeness (QED) is 0.556. The van der Waals surface area contributed by atoms with E-state index in [4.69, 9.17) is 4.74 Å². The number of alkyl halides is 3. The molecule has 0 saturated heterocycles. The fraction of sp³-hybridized carbons (Fsp3) is 0.368. The fourth-order valence-corrected chi connectivity index (χ4v) is 2.55. The van der Waals surface area contributed by atoms with Crippen molar-refractivity contribution in [2.45, 2.75) is 25.9 Å². The second-order valence-electron chi connectivity index (χ2n) is 6.38. The number of halogens is 4. The van der Waals surface area contributed by atoms with Crippen molar-refractivity contribution >= 4 is 11.7 Å². The van der Waals surface area contributed by atoms with Crippen LogP contribution in [0.5, 0.6) is 5.75 Å². The summed E-state index contributed by atoms with van der Waals surface area (Å²) in [7, 11) is 2.81. The third-order valence-electron chi connectivity index (χ3n) is 4.19. The lowest BCUT2D eigenvalue weighted by Crippen LogP contribution is -2.43. The molecule has 1 aromatic carbocycles. The molecule has 0 radical (unpaired) electrons. The number of nitrogens with zero attached hydrogens (tertiary/aromatic N) is 3. The van der Waals surface area contributed by atoms with E-state index in [9.17, 15) is 27.5 Å². The third-order valence-corrected chi connectivity index (χ3v) is 4.19. The molecule has 10 heteroatoms. The Labute approximate surface area is 165 Å². The molecule has 158 valence electrons. The van der Waals surface area contributed by atoms with E-state index in [1.165, 1.54) is 44.3 Å². The van der Waals surface area contributed by atoms with Gasteiger partial charge in [0.25, 0.3) is 0 Å². The molecule has 2 aromatic rings. The van der Waals surface area contributed by atoms with Gasteiger partial charge in [0.2, 0.25) is 5.91 Å². The van der Waals surface area contributed by atoms with E-state index in [1.54, 1.807) is 0 Å². The normalized spacial score (nSPS) is 12.4. The average molecular weight is 415 g/mol. The van der Waals surface area contributed by atoms with E-state index in [2.05, 4.69) is 4.98 Å². The Bertz CT molecular complexity index is 842. The molecule has 0 fully saturated rings. The molecule has 1 amide bonds. The van der Waals surface area contributed by atoms with Crippen LogP contribution in [0, 0.1) is 5.82 Å². The zero-order valence-corrected chi connectivity index (χ0v) is 16.1. The summed E-state index contributed by atoms with van der Waals surface area (Å²) in [5.41, 5.74) is -0.289. The number of methoxy groups -OCH3 is 1. The van der Waals surface area contributed by atoms with Crippen LogP contribution in [0.2, 0.25) is 0 Å². The molecule has 1 atom stereocenters. The van der Waals surface area contributed by atoms with Gasteiger partial charge >= 0.3 is 6.18 Å². The molecule has 0 aliphatic carbocycles. The summed E-state index contributed by atoms with van der Waals surface area (Å²) < 4.78 is 57.0. The number of aliphatic hydroxyl groups excluding tert-OH is 1. The summed E-state index contributed by atoms with van der Waals surface area (Å²) in [5, 5.41) is 9.95. The van der Waals surface area contributed by atoms with Crippen LogP contribution in [-0.4, -0.2) is 47.8 Å². The zero-order chi connectivity index (χ0) is 21.8. The molecule has 0 aliphatic rings. The Kier molecular flexibility index (Phi) is 7.02. The highest BCUT2D eigenvalue weighted by Crippen LogP contribution is 2.29. The summed E-state index contributed by atoms with van der Waals surface area (Å²) in [4.78, 5) is 18.7.